The predicted octanol–water partition coefficient (Wildman–Crippen LogP) is 3.57. The molecule has 0 aromatic rings. The number of unbranched alkanes of at least 4 members (excludes halogenated alkanes) is 2. The summed E-state index contributed by atoms with van der Waals surface area (Å²) < 4.78 is 10.4. The molecule has 0 aliphatic rings. The van der Waals surface area contributed by atoms with Gasteiger partial charge < -0.3 is 20.9 Å². The van der Waals surface area contributed by atoms with Crippen molar-refractivity contribution in [2.24, 2.45) is 22.3 Å². The lowest BCUT2D eigenvalue weighted by Gasteiger charge is -2.52. The van der Waals surface area contributed by atoms with Crippen molar-refractivity contribution < 1.29 is 19.1 Å². The molecule has 0 aromatic heterocycles. The fourth-order valence-electron chi connectivity index (χ4n) is 3.23. The van der Waals surface area contributed by atoms with E-state index in [2.05, 4.69) is 41.5 Å². The molecular formula is C16H32N2O4. The minimum absolute atomic E-state index is 0.260. The van der Waals surface area contributed by atoms with Crippen molar-refractivity contribution in [2.75, 3.05) is 6.61 Å². The lowest BCUT2D eigenvalue weighted by molar-refractivity contribution is -0.143. The minimum atomic E-state index is -0.754. The van der Waals surface area contributed by atoms with Crippen molar-refractivity contribution in [3.8, 4) is 0 Å². The summed E-state index contributed by atoms with van der Waals surface area (Å²) in [7, 11) is 0. The Labute approximate surface area is 133 Å². The van der Waals surface area contributed by atoms with E-state index >= 15 is 0 Å². The second-order valence-electron chi connectivity index (χ2n) is 7.73. The molecule has 4 N–H and O–H groups in total. The second kappa shape index (κ2) is 7.70. The number of hydrogen-bond acceptors (Lipinski definition) is 4. The molecule has 22 heavy (non-hydrogen) atoms. The average Bonchev–Trinajstić information content (AvgIpc) is 2.27. The molecule has 0 spiro atoms. The van der Waals surface area contributed by atoms with Crippen LogP contribution in [0.1, 0.15) is 67.2 Å². The Hall–Kier alpha value is -1.46. The third kappa shape index (κ3) is 5.73. The minimum Gasteiger partial charge on any atom is -0.450 e. The van der Waals surface area contributed by atoms with E-state index < -0.39 is 17.8 Å². The first-order valence-electron chi connectivity index (χ1n) is 7.74. The van der Waals surface area contributed by atoms with Gasteiger partial charge in [-0.05, 0) is 25.7 Å². The zero-order valence-corrected chi connectivity index (χ0v) is 14.8. The predicted molar refractivity (Wildman–Crippen MR) is 86.3 cm³/mol. The summed E-state index contributed by atoms with van der Waals surface area (Å²) in [4.78, 5) is 22.0. The van der Waals surface area contributed by atoms with Crippen LogP contribution in [-0.4, -0.2) is 24.4 Å². The van der Waals surface area contributed by atoms with E-state index in [1.807, 2.05) is 0 Å². The molecule has 130 valence electrons. The SMILES string of the molecule is CC(C)(C)C(CCCCCOC(N)=O)(OC(N)=O)C(C)(C)C. The quantitative estimate of drug-likeness (QED) is 0.700. The van der Waals surface area contributed by atoms with Gasteiger partial charge in [0.05, 0.1) is 6.61 Å². The van der Waals surface area contributed by atoms with Crippen molar-refractivity contribution in [1.82, 2.24) is 0 Å². The van der Waals surface area contributed by atoms with E-state index in [1.54, 1.807) is 0 Å². The number of rotatable bonds is 7. The van der Waals surface area contributed by atoms with Crippen LogP contribution < -0.4 is 11.5 Å². The Morgan fingerprint density at radius 1 is 0.818 bits per heavy atom. The highest BCUT2D eigenvalue weighted by atomic mass is 16.6. The van der Waals surface area contributed by atoms with Gasteiger partial charge in [-0.25, -0.2) is 9.59 Å². The fourth-order valence-corrected chi connectivity index (χ4v) is 3.23. The molecule has 0 bridgehead atoms. The maximum Gasteiger partial charge on any atom is 0.405 e. The van der Waals surface area contributed by atoms with Crippen molar-refractivity contribution in [3.05, 3.63) is 0 Å². The third-order valence-corrected chi connectivity index (χ3v) is 4.12. The van der Waals surface area contributed by atoms with Gasteiger partial charge in [-0.1, -0.05) is 41.5 Å². The molecule has 0 aliphatic heterocycles. The van der Waals surface area contributed by atoms with Crippen LogP contribution in [0.4, 0.5) is 9.59 Å². The number of carbonyl (C=O) groups is 2. The van der Waals surface area contributed by atoms with Crippen molar-refractivity contribution in [2.45, 2.75) is 72.8 Å². The first-order chi connectivity index (χ1) is 9.83. The lowest BCUT2D eigenvalue weighted by Crippen LogP contribution is -2.56. The summed E-state index contributed by atoms with van der Waals surface area (Å²) in [6.07, 6.45) is 1.61. The Balaban J connectivity index is 4.87. The maximum absolute atomic E-state index is 11.4. The Morgan fingerprint density at radius 3 is 1.68 bits per heavy atom. The highest BCUT2D eigenvalue weighted by molar-refractivity contribution is 5.65. The van der Waals surface area contributed by atoms with Gasteiger partial charge >= 0.3 is 12.2 Å². The number of hydrogen-bond donors (Lipinski definition) is 2. The standard InChI is InChI=1S/C16H32N2O4/c1-14(2,3)16(15(4,5)6,22-13(18)20)10-8-7-9-11-21-12(17)19/h7-11H2,1-6H3,(H2,17,19)(H2,18,20). The molecule has 0 rings (SSSR count). The molecule has 0 aromatic carbocycles. The number of carbonyl (C=O) groups excluding carboxylic acids is 2. The van der Waals surface area contributed by atoms with Gasteiger partial charge in [0.15, 0.2) is 0 Å². The van der Waals surface area contributed by atoms with Crippen molar-refractivity contribution in [1.29, 1.82) is 0 Å². The van der Waals surface area contributed by atoms with Crippen LogP contribution in [-0.2, 0) is 9.47 Å². The normalized spacial score (nSPS) is 12.8. The van der Waals surface area contributed by atoms with Crippen LogP contribution in [0.2, 0.25) is 0 Å². The molecule has 0 fully saturated rings. The molecular weight excluding hydrogens is 284 g/mol. The molecule has 6 nitrogen and oxygen atoms in total. The van der Waals surface area contributed by atoms with E-state index in [0.29, 0.717) is 13.0 Å². The van der Waals surface area contributed by atoms with Crippen molar-refractivity contribution >= 4 is 12.2 Å². The van der Waals surface area contributed by atoms with E-state index in [0.717, 1.165) is 19.3 Å². The number of amides is 2. The molecule has 0 aliphatic carbocycles. The molecule has 0 saturated heterocycles. The van der Waals surface area contributed by atoms with E-state index in [1.165, 1.54) is 0 Å². The molecule has 0 heterocycles. The first-order valence-corrected chi connectivity index (χ1v) is 7.74. The highest BCUT2D eigenvalue weighted by Gasteiger charge is 2.53. The van der Waals surface area contributed by atoms with Gasteiger partial charge in [0.2, 0.25) is 0 Å². The van der Waals surface area contributed by atoms with Crippen LogP contribution in [0.15, 0.2) is 0 Å². The summed E-state index contributed by atoms with van der Waals surface area (Å²) >= 11 is 0. The van der Waals surface area contributed by atoms with Crippen LogP contribution in [0.25, 0.3) is 0 Å². The largest absolute Gasteiger partial charge is 0.450 e. The smallest absolute Gasteiger partial charge is 0.405 e. The number of ether oxygens (including phenoxy) is 2. The average molecular weight is 316 g/mol. The first kappa shape index (κ1) is 20.5. The van der Waals surface area contributed by atoms with Crippen LogP contribution in [0.3, 0.4) is 0 Å². The topological polar surface area (TPSA) is 105 Å². The Morgan fingerprint density at radius 2 is 1.32 bits per heavy atom. The monoisotopic (exact) mass is 316 g/mol. The van der Waals surface area contributed by atoms with E-state index in [4.69, 9.17) is 20.9 Å². The lowest BCUT2D eigenvalue weighted by atomic mass is 9.60. The Bertz CT molecular complexity index is 367. The molecule has 6 heteroatoms. The van der Waals surface area contributed by atoms with Gasteiger partial charge in [-0.3, -0.25) is 0 Å². The van der Waals surface area contributed by atoms with Crippen LogP contribution in [0, 0.1) is 10.8 Å². The summed E-state index contributed by atoms with van der Waals surface area (Å²) in [5.74, 6) is 0. The van der Waals surface area contributed by atoms with E-state index in [9.17, 15) is 9.59 Å². The summed E-state index contributed by atoms with van der Waals surface area (Å²) in [6, 6.07) is 0. The maximum atomic E-state index is 11.4. The molecule has 0 unspecified atom stereocenters. The van der Waals surface area contributed by atoms with Gasteiger partial charge in [-0.2, -0.15) is 0 Å². The van der Waals surface area contributed by atoms with Gasteiger partial charge in [0.1, 0.15) is 5.60 Å². The number of nitrogens with two attached hydrogens (primary N) is 2. The van der Waals surface area contributed by atoms with Crippen LogP contribution in [0.5, 0.6) is 0 Å². The summed E-state index contributed by atoms with van der Waals surface area (Å²) in [5, 5.41) is 0. The Kier molecular flexibility index (Phi) is 7.19. The van der Waals surface area contributed by atoms with Crippen LogP contribution >= 0.6 is 0 Å². The zero-order chi connectivity index (χ0) is 17.6. The third-order valence-electron chi connectivity index (χ3n) is 4.12. The molecule has 0 atom stereocenters. The van der Waals surface area contributed by atoms with Gasteiger partial charge in [-0.15, -0.1) is 0 Å². The zero-order valence-electron chi connectivity index (χ0n) is 14.8. The highest BCUT2D eigenvalue weighted by Crippen LogP contribution is 2.50. The van der Waals surface area contributed by atoms with Gasteiger partial charge in [0.25, 0.3) is 0 Å². The molecule has 2 amide bonds. The molecule has 0 radical (unpaired) electrons. The molecule has 0 saturated carbocycles. The summed E-state index contributed by atoms with van der Waals surface area (Å²) in [5.41, 5.74) is 9.05. The fraction of sp³-hybridized carbons (Fsp3) is 0.875. The van der Waals surface area contributed by atoms with Gasteiger partial charge in [0, 0.05) is 10.8 Å². The van der Waals surface area contributed by atoms with Crippen molar-refractivity contribution in [3.63, 3.8) is 0 Å². The second-order valence-corrected chi connectivity index (χ2v) is 7.73. The van der Waals surface area contributed by atoms with E-state index in [-0.39, 0.29) is 10.8 Å². The number of primary amides is 2. The summed E-state index contributed by atoms with van der Waals surface area (Å²) in [6.45, 7) is 12.6.